The molecule has 5 rings (SSSR count). The highest BCUT2D eigenvalue weighted by molar-refractivity contribution is 6.07. The Balaban J connectivity index is 1.25. The van der Waals surface area contributed by atoms with Crippen molar-refractivity contribution in [2.75, 3.05) is 35.6 Å². The quantitative estimate of drug-likeness (QED) is 0.217. The minimum atomic E-state index is -0.665. The molecule has 3 N–H and O–H groups in total. The van der Waals surface area contributed by atoms with Gasteiger partial charge in [-0.1, -0.05) is 30.3 Å². The van der Waals surface area contributed by atoms with Crippen molar-refractivity contribution in [2.24, 2.45) is 5.92 Å². The minimum Gasteiger partial charge on any atom is -0.444 e. The van der Waals surface area contributed by atoms with Crippen LogP contribution in [0.3, 0.4) is 0 Å². The molecule has 0 spiro atoms. The molecule has 1 fully saturated rings. The maximum atomic E-state index is 13.8. The van der Waals surface area contributed by atoms with Crippen molar-refractivity contribution >= 4 is 41.2 Å². The van der Waals surface area contributed by atoms with Crippen LogP contribution in [-0.2, 0) is 28.9 Å². The molecule has 1 heterocycles. The monoisotopic (exact) mass is 697 g/mol. The number of benzene rings is 3. The van der Waals surface area contributed by atoms with Crippen molar-refractivity contribution in [2.45, 2.75) is 91.4 Å². The van der Waals surface area contributed by atoms with Crippen molar-refractivity contribution in [1.82, 2.24) is 9.80 Å². The average Bonchev–Trinajstić information content (AvgIpc) is 3.52. The molecule has 1 aliphatic heterocycles. The molecule has 1 aliphatic carbocycles. The van der Waals surface area contributed by atoms with Gasteiger partial charge in [0.05, 0.1) is 11.4 Å². The summed E-state index contributed by atoms with van der Waals surface area (Å²) in [5.74, 6) is -0.142. The molecular formula is C40H51N5O6. The van der Waals surface area contributed by atoms with Gasteiger partial charge in [0.1, 0.15) is 11.2 Å². The van der Waals surface area contributed by atoms with Crippen molar-refractivity contribution in [1.29, 1.82) is 0 Å². The molecule has 0 aromatic heterocycles. The third kappa shape index (κ3) is 11.0. The summed E-state index contributed by atoms with van der Waals surface area (Å²) in [6, 6.07) is 20.0. The van der Waals surface area contributed by atoms with Crippen molar-refractivity contribution < 1.29 is 28.7 Å². The Labute approximate surface area is 301 Å². The number of nitrogens with zero attached hydrogens (tertiary/aromatic N) is 2. The molecular weight excluding hydrogens is 646 g/mol. The number of anilines is 3. The molecule has 3 aromatic rings. The van der Waals surface area contributed by atoms with Crippen LogP contribution in [0.4, 0.5) is 31.4 Å². The zero-order chi connectivity index (χ0) is 36.8. The summed E-state index contributed by atoms with van der Waals surface area (Å²) >= 11 is 0. The Morgan fingerprint density at radius 2 is 1.39 bits per heavy atom. The highest BCUT2D eigenvalue weighted by atomic mass is 16.6. The van der Waals surface area contributed by atoms with Gasteiger partial charge in [0, 0.05) is 37.4 Å². The maximum absolute atomic E-state index is 13.8. The van der Waals surface area contributed by atoms with Crippen molar-refractivity contribution in [3.63, 3.8) is 0 Å². The van der Waals surface area contributed by atoms with E-state index in [2.05, 4.69) is 28.1 Å². The van der Waals surface area contributed by atoms with E-state index in [0.717, 1.165) is 43.4 Å². The zero-order valence-electron chi connectivity index (χ0n) is 30.6. The van der Waals surface area contributed by atoms with E-state index in [1.165, 1.54) is 11.1 Å². The molecule has 5 amide bonds. The predicted molar refractivity (Wildman–Crippen MR) is 199 cm³/mol. The molecule has 3 aromatic carbocycles. The van der Waals surface area contributed by atoms with Gasteiger partial charge < -0.3 is 29.9 Å². The van der Waals surface area contributed by atoms with E-state index in [-0.39, 0.29) is 23.9 Å². The number of para-hydroxylation sites is 2. The number of amides is 5. The molecule has 11 nitrogen and oxygen atoms in total. The Kier molecular flexibility index (Phi) is 11.6. The summed E-state index contributed by atoms with van der Waals surface area (Å²) in [5, 5.41) is 8.70. The third-order valence-electron chi connectivity index (χ3n) is 8.78. The van der Waals surface area contributed by atoms with E-state index in [1.807, 2.05) is 43.9 Å². The Bertz CT molecular complexity index is 1720. The zero-order valence-corrected chi connectivity index (χ0v) is 30.6. The van der Waals surface area contributed by atoms with E-state index >= 15 is 0 Å². The lowest BCUT2D eigenvalue weighted by molar-refractivity contribution is 0.0173. The normalized spacial score (nSPS) is 14.7. The summed E-state index contributed by atoms with van der Waals surface area (Å²) in [4.78, 5) is 55.6. The van der Waals surface area contributed by atoms with E-state index in [1.54, 1.807) is 62.1 Å². The van der Waals surface area contributed by atoms with Crippen LogP contribution in [-0.4, -0.2) is 64.8 Å². The number of urea groups is 1. The van der Waals surface area contributed by atoms with Gasteiger partial charge in [-0.2, -0.15) is 0 Å². The van der Waals surface area contributed by atoms with Gasteiger partial charge >= 0.3 is 18.2 Å². The first-order chi connectivity index (χ1) is 24.1. The van der Waals surface area contributed by atoms with Gasteiger partial charge in [-0.05, 0) is 133 Å². The first-order valence-electron chi connectivity index (χ1n) is 17.8. The van der Waals surface area contributed by atoms with E-state index in [9.17, 15) is 19.2 Å². The lowest BCUT2D eigenvalue weighted by Gasteiger charge is -2.35. The fourth-order valence-corrected chi connectivity index (χ4v) is 6.30. The standard InChI is InChI=1S/C40H51N5O6/c1-39(2,3)50-37(48)43-34-13-8-7-12-33(34)42-35(46)30-16-14-27(15-17-30)25-45(36(47)41-32-19-18-29-10-9-11-31(29)24-32)26-28-20-22-44(23-21-28)38(49)51-40(4,5)6/h7-8,12-19,24,28H,9-11,20-23,25-26H2,1-6H3,(H,41,47)(H,42,46)(H,43,48). The number of fused-ring (bicyclic) bond motifs is 1. The topological polar surface area (TPSA) is 129 Å². The van der Waals surface area contributed by atoms with Crippen LogP contribution in [0.1, 0.15) is 87.9 Å². The molecule has 2 aliphatic rings. The number of nitrogens with one attached hydrogen (secondary N) is 3. The van der Waals surface area contributed by atoms with Gasteiger partial charge in [-0.15, -0.1) is 0 Å². The maximum Gasteiger partial charge on any atom is 0.412 e. The lowest BCUT2D eigenvalue weighted by Crippen LogP contribution is -2.45. The number of ether oxygens (including phenoxy) is 2. The molecule has 0 unspecified atom stereocenters. The predicted octanol–water partition coefficient (Wildman–Crippen LogP) is 8.46. The lowest BCUT2D eigenvalue weighted by atomic mass is 9.96. The van der Waals surface area contributed by atoms with Crippen molar-refractivity contribution in [3.8, 4) is 0 Å². The number of hydrogen-bond acceptors (Lipinski definition) is 6. The van der Waals surface area contributed by atoms with Gasteiger partial charge in [-0.3, -0.25) is 10.1 Å². The molecule has 0 radical (unpaired) electrons. The second-order valence-electron chi connectivity index (χ2n) is 15.4. The number of carbonyl (C=O) groups is 4. The second kappa shape index (κ2) is 15.9. The van der Waals surface area contributed by atoms with E-state index in [4.69, 9.17) is 9.47 Å². The number of aryl methyl sites for hydroxylation is 2. The molecule has 11 heteroatoms. The van der Waals surface area contributed by atoms with Gasteiger partial charge in [-0.25, -0.2) is 14.4 Å². The summed E-state index contributed by atoms with van der Waals surface area (Å²) in [6.45, 7) is 12.9. The number of rotatable bonds is 8. The molecule has 0 saturated carbocycles. The summed E-state index contributed by atoms with van der Waals surface area (Å²) in [7, 11) is 0. The largest absolute Gasteiger partial charge is 0.444 e. The Morgan fingerprint density at radius 1 is 0.765 bits per heavy atom. The number of piperidine rings is 1. The Hall–Kier alpha value is -5.06. The van der Waals surface area contributed by atoms with Crippen molar-refractivity contribution in [3.05, 3.63) is 89.0 Å². The number of hydrogen-bond donors (Lipinski definition) is 3. The van der Waals surface area contributed by atoms with Crippen LogP contribution in [0, 0.1) is 5.92 Å². The Morgan fingerprint density at radius 3 is 2.04 bits per heavy atom. The van der Waals surface area contributed by atoms with Crippen LogP contribution >= 0.6 is 0 Å². The molecule has 1 saturated heterocycles. The SMILES string of the molecule is CC(C)(C)OC(=O)Nc1ccccc1NC(=O)c1ccc(CN(CC2CCN(C(=O)OC(C)(C)C)CC2)C(=O)Nc2ccc3c(c2)CCC3)cc1. The molecule has 272 valence electrons. The first kappa shape index (κ1) is 37.2. The third-order valence-corrected chi connectivity index (χ3v) is 8.78. The van der Waals surface area contributed by atoms with E-state index in [0.29, 0.717) is 43.1 Å². The summed E-state index contributed by atoms with van der Waals surface area (Å²) in [5.41, 5.74) is 4.33. The number of likely N-dealkylation sites (tertiary alicyclic amines) is 1. The first-order valence-corrected chi connectivity index (χ1v) is 17.8. The van der Waals surface area contributed by atoms with Crippen LogP contribution in [0.15, 0.2) is 66.7 Å². The fraction of sp³-hybridized carbons (Fsp3) is 0.450. The summed E-state index contributed by atoms with van der Waals surface area (Å²) in [6.07, 6.45) is 3.80. The highest BCUT2D eigenvalue weighted by Gasteiger charge is 2.29. The van der Waals surface area contributed by atoms with Gasteiger partial charge in [0.2, 0.25) is 0 Å². The van der Waals surface area contributed by atoms with Crippen LogP contribution in [0.5, 0.6) is 0 Å². The van der Waals surface area contributed by atoms with Gasteiger partial charge in [0.25, 0.3) is 5.91 Å². The molecule has 0 bridgehead atoms. The number of carbonyl (C=O) groups excluding carboxylic acids is 4. The smallest absolute Gasteiger partial charge is 0.412 e. The summed E-state index contributed by atoms with van der Waals surface area (Å²) < 4.78 is 10.9. The second-order valence-corrected chi connectivity index (χ2v) is 15.4. The van der Waals surface area contributed by atoms with Crippen LogP contribution in [0.25, 0.3) is 0 Å². The molecule has 51 heavy (non-hydrogen) atoms. The van der Waals surface area contributed by atoms with E-state index < -0.39 is 17.3 Å². The van der Waals surface area contributed by atoms with Gasteiger partial charge in [0.15, 0.2) is 0 Å². The minimum absolute atomic E-state index is 0.196. The van der Waals surface area contributed by atoms with Crippen LogP contribution in [0.2, 0.25) is 0 Å². The average molecular weight is 698 g/mol. The fourth-order valence-electron chi connectivity index (χ4n) is 6.30. The van der Waals surface area contributed by atoms with Crippen LogP contribution < -0.4 is 16.0 Å². The molecule has 0 atom stereocenters. The highest BCUT2D eigenvalue weighted by Crippen LogP contribution is 2.27.